The van der Waals surface area contributed by atoms with Crippen molar-refractivity contribution < 1.29 is 9.59 Å². The first-order valence-corrected chi connectivity index (χ1v) is 8.95. The van der Waals surface area contributed by atoms with E-state index in [1.807, 2.05) is 25.7 Å². The highest BCUT2D eigenvalue weighted by molar-refractivity contribution is 8.01. The second-order valence-corrected chi connectivity index (χ2v) is 9.71. The maximum absolute atomic E-state index is 12.1. The Morgan fingerprint density at radius 2 is 1.64 bits per heavy atom. The lowest BCUT2D eigenvalue weighted by Gasteiger charge is -2.34. The van der Waals surface area contributed by atoms with Crippen LogP contribution in [0.2, 0.25) is 0 Å². The van der Waals surface area contributed by atoms with Gasteiger partial charge in [-0.3, -0.25) is 4.79 Å². The normalized spacial score (nSPS) is 17.3. The van der Waals surface area contributed by atoms with E-state index in [9.17, 15) is 9.59 Å². The summed E-state index contributed by atoms with van der Waals surface area (Å²) in [4.78, 5) is 25.8. The van der Waals surface area contributed by atoms with Crippen LogP contribution in [-0.4, -0.2) is 52.0 Å². The second-order valence-electron chi connectivity index (χ2n) is 7.91. The van der Waals surface area contributed by atoms with Gasteiger partial charge in [0, 0.05) is 29.4 Å². The van der Waals surface area contributed by atoms with Gasteiger partial charge < -0.3 is 15.5 Å². The minimum absolute atomic E-state index is 0.0134. The van der Waals surface area contributed by atoms with E-state index < -0.39 is 0 Å². The number of hydrogen-bond donors (Lipinski definition) is 2. The molecule has 2 N–H and O–H groups in total. The molecule has 0 aromatic carbocycles. The maximum Gasteiger partial charge on any atom is 0.317 e. The van der Waals surface area contributed by atoms with Gasteiger partial charge in [-0.05, 0) is 33.6 Å². The summed E-state index contributed by atoms with van der Waals surface area (Å²) in [5, 5.41) is 6.06. The molecule has 1 fully saturated rings. The Kier molecular flexibility index (Phi) is 6.59. The van der Waals surface area contributed by atoms with Gasteiger partial charge in [0.05, 0.1) is 5.75 Å². The summed E-state index contributed by atoms with van der Waals surface area (Å²) < 4.78 is 0.103. The number of amides is 3. The van der Waals surface area contributed by atoms with Crippen molar-refractivity contribution in [3.05, 3.63) is 0 Å². The number of carbonyl (C=O) groups excluding carboxylic acids is 2. The van der Waals surface area contributed by atoms with Gasteiger partial charge >= 0.3 is 6.03 Å². The monoisotopic (exact) mass is 329 g/mol. The summed E-state index contributed by atoms with van der Waals surface area (Å²) in [6.07, 6.45) is 1.65. The molecule has 0 atom stereocenters. The largest absolute Gasteiger partial charge is 0.353 e. The predicted molar refractivity (Wildman–Crippen MR) is 93.2 cm³/mol. The van der Waals surface area contributed by atoms with Crippen LogP contribution in [0.15, 0.2) is 0 Å². The first-order chi connectivity index (χ1) is 9.96. The SMILES string of the molecule is CC(C)(C)NC(=O)N1CCC(NC(=O)CSC(C)(C)C)CC1. The zero-order valence-corrected chi connectivity index (χ0v) is 15.6. The third-order valence-corrected chi connectivity index (χ3v) is 4.54. The Morgan fingerprint density at radius 1 is 1.09 bits per heavy atom. The Morgan fingerprint density at radius 3 is 2.09 bits per heavy atom. The Bertz CT molecular complexity index is 391. The first-order valence-electron chi connectivity index (χ1n) is 7.97. The van der Waals surface area contributed by atoms with E-state index in [0.29, 0.717) is 18.8 Å². The average molecular weight is 330 g/mol. The molecule has 0 unspecified atom stereocenters. The number of urea groups is 1. The zero-order valence-electron chi connectivity index (χ0n) is 14.8. The van der Waals surface area contributed by atoms with Crippen molar-refractivity contribution in [3.63, 3.8) is 0 Å². The van der Waals surface area contributed by atoms with Crippen molar-refractivity contribution in [2.24, 2.45) is 0 Å². The average Bonchev–Trinajstić information content (AvgIpc) is 2.34. The van der Waals surface area contributed by atoms with Gasteiger partial charge in [0.25, 0.3) is 0 Å². The third kappa shape index (κ3) is 7.92. The van der Waals surface area contributed by atoms with Gasteiger partial charge in [0.1, 0.15) is 0 Å². The fourth-order valence-corrected chi connectivity index (χ4v) is 2.83. The van der Waals surface area contributed by atoms with Crippen LogP contribution in [0.1, 0.15) is 54.4 Å². The highest BCUT2D eigenvalue weighted by atomic mass is 32.2. The summed E-state index contributed by atoms with van der Waals surface area (Å²) in [6.45, 7) is 13.6. The molecule has 3 amide bonds. The number of hydrogen-bond acceptors (Lipinski definition) is 3. The van der Waals surface area contributed by atoms with Gasteiger partial charge in [-0.15, -0.1) is 11.8 Å². The van der Waals surface area contributed by atoms with Crippen molar-refractivity contribution in [1.82, 2.24) is 15.5 Å². The van der Waals surface area contributed by atoms with Crippen molar-refractivity contribution in [3.8, 4) is 0 Å². The highest BCUT2D eigenvalue weighted by Crippen LogP contribution is 2.22. The van der Waals surface area contributed by atoms with Crippen molar-refractivity contribution in [1.29, 1.82) is 0 Å². The van der Waals surface area contributed by atoms with Gasteiger partial charge in [-0.2, -0.15) is 0 Å². The number of carbonyl (C=O) groups is 2. The Labute approximate surface area is 139 Å². The molecule has 6 heteroatoms. The molecule has 0 saturated carbocycles. The lowest BCUT2D eigenvalue weighted by atomic mass is 10.1. The molecule has 0 radical (unpaired) electrons. The minimum atomic E-state index is -0.216. The predicted octanol–water partition coefficient (Wildman–Crippen LogP) is 2.61. The fraction of sp³-hybridized carbons (Fsp3) is 0.875. The zero-order chi connectivity index (χ0) is 17.0. The molecule has 1 aliphatic heterocycles. The number of nitrogens with one attached hydrogen (secondary N) is 2. The van der Waals surface area contributed by atoms with E-state index >= 15 is 0 Å². The Hall–Kier alpha value is -0.910. The third-order valence-electron chi connectivity index (χ3n) is 3.27. The molecule has 1 saturated heterocycles. The van der Waals surface area contributed by atoms with Crippen molar-refractivity contribution >= 4 is 23.7 Å². The van der Waals surface area contributed by atoms with E-state index in [0.717, 1.165) is 12.8 Å². The van der Waals surface area contributed by atoms with E-state index in [4.69, 9.17) is 0 Å². The first kappa shape index (κ1) is 19.1. The molecule has 0 aliphatic carbocycles. The Balaban J connectivity index is 2.30. The van der Waals surface area contributed by atoms with Crippen LogP contribution in [0.5, 0.6) is 0 Å². The van der Waals surface area contributed by atoms with Crippen LogP contribution in [0.4, 0.5) is 4.79 Å². The van der Waals surface area contributed by atoms with Crippen LogP contribution in [-0.2, 0) is 4.79 Å². The van der Waals surface area contributed by atoms with Crippen LogP contribution < -0.4 is 10.6 Å². The van der Waals surface area contributed by atoms with Gasteiger partial charge in [0.2, 0.25) is 5.91 Å². The van der Waals surface area contributed by atoms with Crippen LogP contribution in [0, 0.1) is 0 Å². The number of likely N-dealkylation sites (tertiary alicyclic amines) is 1. The van der Waals surface area contributed by atoms with E-state index in [2.05, 4.69) is 31.4 Å². The summed E-state index contributed by atoms with van der Waals surface area (Å²) in [5.41, 5.74) is -0.216. The van der Waals surface area contributed by atoms with Crippen LogP contribution in [0.25, 0.3) is 0 Å². The molecule has 1 aliphatic rings. The topological polar surface area (TPSA) is 61.4 Å². The van der Waals surface area contributed by atoms with E-state index in [-0.39, 0.29) is 28.3 Å². The molecule has 5 nitrogen and oxygen atoms in total. The minimum Gasteiger partial charge on any atom is -0.353 e. The molecular formula is C16H31N3O2S. The summed E-state index contributed by atoms with van der Waals surface area (Å²) >= 11 is 1.66. The van der Waals surface area contributed by atoms with Gasteiger partial charge in [-0.25, -0.2) is 4.79 Å². The lowest BCUT2D eigenvalue weighted by molar-refractivity contribution is -0.119. The number of nitrogens with zero attached hydrogens (tertiary/aromatic N) is 1. The fourth-order valence-electron chi connectivity index (χ4n) is 2.18. The molecule has 128 valence electrons. The highest BCUT2D eigenvalue weighted by Gasteiger charge is 2.26. The second kappa shape index (κ2) is 7.57. The maximum atomic E-state index is 12.1. The smallest absolute Gasteiger partial charge is 0.317 e. The molecule has 1 heterocycles. The number of thioether (sulfide) groups is 1. The summed E-state index contributed by atoms with van der Waals surface area (Å²) in [5.74, 6) is 0.589. The van der Waals surface area contributed by atoms with Crippen molar-refractivity contribution in [2.45, 2.75) is 70.7 Å². The summed E-state index contributed by atoms with van der Waals surface area (Å²) in [7, 11) is 0. The molecule has 22 heavy (non-hydrogen) atoms. The number of piperidine rings is 1. The summed E-state index contributed by atoms with van der Waals surface area (Å²) in [6, 6.07) is 0.173. The quantitative estimate of drug-likeness (QED) is 0.837. The molecule has 0 aromatic rings. The lowest BCUT2D eigenvalue weighted by Crippen LogP contribution is -2.53. The van der Waals surface area contributed by atoms with Gasteiger partial charge in [-0.1, -0.05) is 20.8 Å². The molecule has 0 spiro atoms. The van der Waals surface area contributed by atoms with E-state index in [1.165, 1.54) is 0 Å². The molecule has 1 rings (SSSR count). The van der Waals surface area contributed by atoms with E-state index in [1.54, 1.807) is 11.8 Å². The van der Waals surface area contributed by atoms with Gasteiger partial charge in [0.15, 0.2) is 0 Å². The molecule has 0 aromatic heterocycles. The molecule has 0 bridgehead atoms. The van der Waals surface area contributed by atoms with Crippen LogP contribution >= 0.6 is 11.8 Å². The number of rotatable bonds is 3. The molecular weight excluding hydrogens is 298 g/mol. The van der Waals surface area contributed by atoms with Crippen molar-refractivity contribution in [2.75, 3.05) is 18.8 Å². The van der Waals surface area contributed by atoms with Crippen LogP contribution in [0.3, 0.4) is 0 Å². The standard InChI is InChI=1S/C16H31N3O2S/c1-15(2,3)18-14(21)19-9-7-12(8-10-19)17-13(20)11-22-16(4,5)6/h12H,7-11H2,1-6H3,(H,17,20)(H,18,21).